The number of carbonyl (C=O) groups excluding carboxylic acids is 2. The molecule has 0 aromatic carbocycles. The minimum Gasteiger partial charge on any atom is -0.461 e. The van der Waals surface area contributed by atoms with Crippen LogP contribution in [0.3, 0.4) is 0 Å². The van der Waals surface area contributed by atoms with Gasteiger partial charge < -0.3 is 14.4 Å². The fraction of sp³-hybridized carbons (Fsp3) is 0.615. The molecule has 0 N–H and O–H groups in total. The van der Waals surface area contributed by atoms with E-state index in [4.69, 9.17) is 9.47 Å². The largest absolute Gasteiger partial charge is 0.461 e. The Morgan fingerprint density at radius 3 is 2.60 bits per heavy atom. The van der Waals surface area contributed by atoms with Crippen molar-refractivity contribution in [3.63, 3.8) is 0 Å². The topological polar surface area (TPSA) is 73.7 Å². The molecule has 0 unspecified atom stereocenters. The van der Waals surface area contributed by atoms with E-state index in [9.17, 15) is 9.59 Å². The van der Waals surface area contributed by atoms with Crippen molar-refractivity contribution in [2.24, 2.45) is 7.05 Å². The van der Waals surface area contributed by atoms with E-state index in [1.807, 2.05) is 0 Å². The molecular formula is C13H19N3O4. The lowest BCUT2D eigenvalue weighted by Crippen LogP contribution is -2.36. The van der Waals surface area contributed by atoms with Crippen molar-refractivity contribution in [2.45, 2.75) is 26.8 Å². The Hall–Kier alpha value is -2.05. The number of aromatic nitrogens is 2. The summed E-state index contributed by atoms with van der Waals surface area (Å²) in [6.45, 7) is 5.04. The number of nitrogens with zero attached hydrogens (tertiary/aromatic N) is 3. The van der Waals surface area contributed by atoms with Gasteiger partial charge in [0.15, 0.2) is 5.69 Å². The second-order valence-electron chi connectivity index (χ2n) is 4.49. The molecule has 0 radical (unpaired) electrons. The van der Waals surface area contributed by atoms with Crippen molar-refractivity contribution in [1.82, 2.24) is 14.7 Å². The summed E-state index contributed by atoms with van der Waals surface area (Å²) in [6.07, 6.45) is 0.248. The Morgan fingerprint density at radius 2 is 1.95 bits per heavy atom. The molecule has 0 saturated carbocycles. The monoisotopic (exact) mass is 281 g/mol. The van der Waals surface area contributed by atoms with Crippen LogP contribution in [-0.2, 0) is 29.5 Å². The molecule has 1 aromatic rings. The van der Waals surface area contributed by atoms with E-state index in [0.29, 0.717) is 38.4 Å². The zero-order chi connectivity index (χ0) is 14.7. The number of rotatable bonds is 3. The van der Waals surface area contributed by atoms with Gasteiger partial charge in [-0.25, -0.2) is 9.59 Å². The summed E-state index contributed by atoms with van der Waals surface area (Å²) in [6, 6.07) is 0. The van der Waals surface area contributed by atoms with E-state index in [1.165, 1.54) is 4.68 Å². The summed E-state index contributed by atoms with van der Waals surface area (Å²) >= 11 is 0. The van der Waals surface area contributed by atoms with Crippen LogP contribution in [0.2, 0.25) is 0 Å². The summed E-state index contributed by atoms with van der Waals surface area (Å²) in [7, 11) is 1.71. The maximum atomic E-state index is 12.0. The zero-order valence-corrected chi connectivity index (χ0v) is 12.0. The third-order valence-electron chi connectivity index (χ3n) is 3.19. The SMILES string of the molecule is CCOC(=O)c1c2c(nn1C)CCN(C(=O)OCC)C2. The highest BCUT2D eigenvalue weighted by Crippen LogP contribution is 2.23. The first kappa shape index (κ1) is 14.4. The molecular weight excluding hydrogens is 262 g/mol. The number of esters is 1. The smallest absolute Gasteiger partial charge is 0.410 e. The molecule has 20 heavy (non-hydrogen) atoms. The molecule has 2 heterocycles. The predicted molar refractivity (Wildman–Crippen MR) is 70.3 cm³/mol. The van der Waals surface area contributed by atoms with Crippen molar-refractivity contribution in [2.75, 3.05) is 19.8 Å². The normalized spacial score (nSPS) is 13.8. The Labute approximate surface area is 117 Å². The van der Waals surface area contributed by atoms with Gasteiger partial charge >= 0.3 is 12.1 Å². The maximum Gasteiger partial charge on any atom is 0.410 e. The van der Waals surface area contributed by atoms with Gasteiger partial charge in [0.25, 0.3) is 0 Å². The van der Waals surface area contributed by atoms with E-state index in [1.54, 1.807) is 25.8 Å². The summed E-state index contributed by atoms with van der Waals surface area (Å²) < 4.78 is 11.6. The summed E-state index contributed by atoms with van der Waals surface area (Å²) in [5.41, 5.74) is 2.01. The summed E-state index contributed by atoms with van der Waals surface area (Å²) in [5.74, 6) is -0.408. The van der Waals surface area contributed by atoms with E-state index in [-0.39, 0.29) is 6.09 Å². The molecule has 0 saturated heterocycles. The molecule has 0 fully saturated rings. The van der Waals surface area contributed by atoms with Gasteiger partial charge in [-0.15, -0.1) is 0 Å². The second kappa shape index (κ2) is 5.94. The van der Waals surface area contributed by atoms with Gasteiger partial charge in [0.2, 0.25) is 0 Å². The maximum absolute atomic E-state index is 12.0. The van der Waals surface area contributed by atoms with E-state index in [2.05, 4.69) is 5.10 Å². The van der Waals surface area contributed by atoms with Gasteiger partial charge in [-0.05, 0) is 13.8 Å². The first-order valence-corrected chi connectivity index (χ1v) is 6.72. The van der Waals surface area contributed by atoms with Crippen LogP contribution in [0.25, 0.3) is 0 Å². The molecule has 1 amide bonds. The third kappa shape index (κ3) is 2.61. The molecule has 0 aliphatic carbocycles. The molecule has 2 rings (SSSR count). The van der Waals surface area contributed by atoms with Crippen LogP contribution in [0.15, 0.2) is 0 Å². The molecule has 7 nitrogen and oxygen atoms in total. The number of hydrogen-bond donors (Lipinski definition) is 0. The van der Waals surface area contributed by atoms with E-state index >= 15 is 0 Å². The minimum absolute atomic E-state index is 0.306. The molecule has 0 atom stereocenters. The highest BCUT2D eigenvalue weighted by molar-refractivity contribution is 5.89. The number of aryl methyl sites for hydroxylation is 1. The molecule has 1 aliphatic rings. The number of carbonyl (C=O) groups is 2. The number of fused-ring (bicyclic) bond motifs is 1. The first-order valence-electron chi connectivity index (χ1n) is 6.72. The van der Waals surface area contributed by atoms with Crippen LogP contribution in [0.5, 0.6) is 0 Å². The first-order chi connectivity index (χ1) is 9.58. The molecule has 0 bridgehead atoms. The fourth-order valence-electron chi connectivity index (χ4n) is 2.33. The van der Waals surface area contributed by atoms with Crippen LogP contribution in [-0.4, -0.2) is 46.5 Å². The molecule has 7 heteroatoms. The Kier molecular flexibility index (Phi) is 4.26. The average Bonchev–Trinajstić information content (AvgIpc) is 2.74. The molecule has 110 valence electrons. The van der Waals surface area contributed by atoms with Crippen LogP contribution in [0.1, 0.15) is 35.6 Å². The number of amides is 1. The number of ether oxygens (including phenoxy) is 2. The van der Waals surface area contributed by atoms with Gasteiger partial charge in [0.05, 0.1) is 25.5 Å². The zero-order valence-electron chi connectivity index (χ0n) is 12.0. The van der Waals surface area contributed by atoms with Crippen molar-refractivity contribution in [1.29, 1.82) is 0 Å². The van der Waals surface area contributed by atoms with Crippen molar-refractivity contribution >= 4 is 12.1 Å². The van der Waals surface area contributed by atoms with Crippen LogP contribution < -0.4 is 0 Å². The van der Waals surface area contributed by atoms with Crippen molar-refractivity contribution in [3.05, 3.63) is 17.0 Å². The number of hydrogen-bond acceptors (Lipinski definition) is 5. The van der Waals surface area contributed by atoms with Crippen LogP contribution in [0.4, 0.5) is 4.79 Å². The quantitative estimate of drug-likeness (QED) is 0.776. The Bertz CT molecular complexity index is 524. The molecule has 1 aromatic heterocycles. The lowest BCUT2D eigenvalue weighted by molar-refractivity contribution is 0.0509. The van der Waals surface area contributed by atoms with Crippen molar-refractivity contribution < 1.29 is 19.1 Å². The molecule has 0 spiro atoms. The van der Waals surface area contributed by atoms with Gasteiger partial charge in [-0.2, -0.15) is 5.10 Å². The van der Waals surface area contributed by atoms with Gasteiger partial charge in [-0.1, -0.05) is 0 Å². The van der Waals surface area contributed by atoms with E-state index < -0.39 is 5.97 Å². The fourth-order valence-corrected chi connectivity index (χ4v) is 2.33. The highest BCUT2D eigenvalue weighted by Gasteiger charge is 2.30. The lowest BCUT2D eigenvalue weighted by atomic mass is 10.1. The lowest BCUT2D eigenvalue weighted by Gasteiger charge is -2.25. The summed E-state index contributed by atoms with van der Waals surface area (Å²) in [4.78, 5) is 25.3. The standard InChI is InChI=1S/C13H19N3O4/c1-4-19-12(17)11-9-8-16(13(18)20-5-2)7-6-10(9)14-15(11)3/h4-8H2,1-3H3. The Morgan fingerprint density at radius 1 is 1.25 bits per heavy atom. The van der Waals surface area contributed by atoms with E-state index in [0.717, 1.165) is 11.3 Å². The van der Waals surface area contributed by atoms with Crippen LogP contribution >= 0.6 is 0 Å². The van der Waals surface area contributed by atoms with Gasteiger partial charge in [-0.3, -0.25) is 4.68 Å². The van der Waals surface area contributed by atoms with Gasteiger partial charge in [0.1, 0.15) is 0 Å². The van der Waals surface area contributed by atoms with Gasteiger partial charge in [0, 0.05) is 25.6 Å². The summed E-state index contributed by atoms with van der Waals surface area (Å²) in [5, 5.41) is 4.33. The predicted octanol–water partition coefficient (Wildman–Crippen LogP) is 1.11. The third-order valence-corrected chi connectivity index (χ3v) is 3.19. The van der Waals surface area contributed by atoms with Crippen LogP contribution in [0, 0.1) is 0 Å². The average molecular weight is 281 g/mol. The minimum atomic E-state index is -0.408. The highest BCUT2D eigenvalue weighted by atomic mass is 16.6. The molecule has 1 aliphatic heterocycles. The second-order valence-corrected chi connectivity index (χ2v) is 4.49. The van der Waals surface area contributed by atoms with Crippen molar-refractivity contribution in [3.8, 4) is 0 Å². The Balaban J connectivity index is 2.25.